The first-order chi connectivity index (χ1) is 6.68. The van der Waals surface area contributed by atoms with Crippen LogP contribution in [0.25, 0.3) is 0 Å². The van der Waals surface area contributed by atoms with Crippen LogP contribution >= 0.6 is 0 Å². The molecule has 14 heavy (non-hydrogen) atoms. The zero-order chi connectivity index (χ0) is 10.1. The fourth-order valence-corrected chi connectivity index (χ4v) is 3.03. The lowest BCUT2D eigenvalue weighted by Gasteiger charge is -2.16. The first kappa shape index (κ1) is 9.84. The lowest BCUT2D eigenvalue weighted by atomic mass is 10.1. The highest BCUT2D eigenvalue weighted by Crippen LogP contribution is 2.24. The molecule has 0 aliphatic carbocycles. The molecule has 0 amide bonds. The standard InChI is InChI=1S/C11H15NOS/c1-8(2)10-6-11-9(7-12-10)4-3-5-14(11)13/h6-8H,3-5H2,1-2H3. The van der Waals surface area contributed by atoms with Crippen LogP contribution in [0.1, 0.15) is 37.4 Å². The summed E-state index contributed by atoms with van der Waals surface area (Å²) < 4.78 is 11.7. The van der Waals surface area contributed by atoms with Crippen molar-refractivity contribution in [1.82, 2.24) is 4.98 Å². The Morgan fingerprint density at radius 2 is 2.29 bits per heavy atom. The van der Waals surface area contributed by atoms with Crippen molar-refractivity contribution in [2.24, 2.45) is 0 Å². The Hall–Kier alpha value is -0.700. The van der Waals surface area contributed by atoms with Crippen molar-refractivity contribution in [3.05, 3.63) is 23.5 Å². The summed E-state index contributed by atoms with van der Waals surface area (Å²) in [4.78, 5) is 5.41. The first-order valence-electron chi connectivity index (χ1n) is 5.05. The molecule has 2 rings (SSSR count). The number of aromatic nitrogens is 1. The van der Waals surface area contributed by atoms with E-state index in [1.807, 2.05) is 12.3 Å². The van der Waals surface area contributed by atoms with Gasteiger partial charge in [-0.15, -0.1) is 0 Å². The van der Waals surface area contributed by atoms with Crippen LogP contribution in [0, 0.1) is 0 Å². The minimum Gasteiger partial charge on any atom is -0.261 e. The van der Waals surface area contributed by atoms with Crippen LogP contribution in [0.15, 0.2) is 17.2 Å². The smallest absolute Gasteiger partial charge is 0.0533 e. The van der Waals surface area contributed by atoms with Gasteiger partial charge < -0.3 is 0 Å². The van der Waals surface area contributed by atoms with Crippen molar-refractivity contribution in [2.75, 3.05) is 5.75 Å². The fourth-order valence-electron chi connectivity index (χ4n) is 1.70. The maximum absolute atomic E-state index is 11.7. The second-order valence-electron chi connectivity index (χ2n) is 4.02. The van der Waals surface area contributed by atoms with E-state index in [1.165, 1.54) is 5.56 Å². The Labute approximate surface area is 87.2 Å². The van der Waals surface area contributed by atoms with Crippen LogP contribution in [0.5, 0.6) is 0 Å². The van der Waals surface area contributed by atoms with Crippen LogP contribution in [0.4, 0.5) is 0 Å². The number of pyridine rings is 1. The largest absolute Gasteiger partial charge is 0.261 e. The SMILES string of the molecule is CC(C)c1cc2c(cn1)CCCS2=O. The normalized spacial score (nSPS) is 20.9. The highest BCUT2D eigenvalue weighted by atomic mass is 32.2. The molecule has 76 valence electrons. The Morgan fingerprint density at radius 3 is 3.00 bits per heavy atom. The quantitative estimate of drug-likeness (QED) is 0.710. The Morgan fingerprint density at radius 1 is 1.50 bits per heavy atom. The minimum absolute atomic E-state index is 0.416. The van der Waals surface area contributed by atoms with Crippen LogP contribution in [0.3, 0.4) is 0 Å². The summed E-state index contributed by atoms with van der Waals surface area (Å²) in [7, 11) is -0.782. The highest BCUT2D eigenvalue weighted by Gasteiger charge is 2.17. The number of hydrogen-bond donors (Lipinski definition) is 0. The molecule has 1 aromatic rings. The molecule has 1 atom stereocenters. The van der Waals surface area contributed by atoms with Gasteiger partial charge in [0.25, 0.3) is 0 Å². The molecule has 0 saturated heterocycles. The van der Waals surface area contributed by atoms with Crippen molar-refractivity contribution in [1.29, 1.82) is 0 Å². The molecule has 1 aromatic heterocycles. The summed E-state index contributed by atoms with van der Waals surface area (Å²) in [6, 6.07) is 2.02. The van der Waals surface area contributed by atoms with E-state index in [2.05, 4.69) is 18.8 Å². The molecular weight excluding hydrogens is 194 g/mol. The first-order valence-corrected chi connectivity index (χ1v) is 6.37. The zero-order valence-corrected chi connectivity index (χ0v) is 9.43. The van der Waals surface area contributed by atoms with Gasteiger partial charge in [0.05, 0.1) is 10.8 Å². The minimum atomic E-state index is -0.782. The highest BCUT2D eigenvalue weighted by molar-refractivity contribution is 7.85. The van der Waals surface area contributed by atoms with E-state index in [-0.39, 0.29) is 0 Å². The molecule has 1 aliphatic rings. The van der Waals surface area contributed by atoms with Crippen LogP contribution in [-0.2, 0) is 17.2 Å². The van der Waals surface area contributed by atoms with Gasteiger partial charge in [-0.2, -0.15) is 0 Å². The van der Waals surface area contributed by atoms with Gasteiger partial charge in [-0.05, 0) is 30.4 Å². The second-order valence-corrected chi connectivity index (χ2v) is 5.56. The second kappa shape index (κ2) is 3.81. The summed E-state index contributed by atoms with van der Waals surface area (Å²) in [6.07, 6.45) is 3.97. The maximum Gasteiger partial charge on any atom is 0.0533 e. The molecule has 1 unspecified atom stereocenters. The third-order valence-corrected chi connectivity index (χ3v) is 4.11. The molecule has 1 aliphatic heterocycles. The third-order valence-electron chi connectivity index (χ3n) is 2.58. The predicted octanol–water partition coefficient (Wildman–Crippen LogP) is 2.26. The number of hydrogen-bond acceptors (Lipinski definition) is 2. The van der Waals surface area contributed by atoms with Crippen LogP contribution in [0.2, 0.25) is 0 Å². The van der Waals surface area contributed by atoms with Gasteiger partial charge in [-0.3, -0.25) is 9.19 Å². The van der Waals surface area contributed by atoms with Crippen molar-refractivity contribution >= 4 is 10.8 Å². The summed E-state index contributed by atoms with van der Waals surface area (Å²) in [5.74, 6) is 1.23. The van der Waals surface area contributed by atoms with Gasteiger partial charge in [-0.25, -0.2) is 0 Å². The topological polar surface area (TPSA) is 30.0 Å². The maximum atomic E-state index is 11.7. The summed E-state index contributed by atoms with van der Waals surface area (Å²) in [6.45, 7) is 4.22. The average molecular weight is 209 g/mol. The number of rotatable bonds is 1. The van der Waals surface area contributed by atoms with Gasteiger partial charge in [0.2, 0.25) is 0 Å². The van der Waals surface area contributed by atoms with Gasteiger partial charge in [0, 0.05) is 22.5 Å². The third kappa shape index (κ3) is 1.73. The molecule has 0 N–H and O–H groups in total. The molecule has 2 heterocycles. The van der Waals surface area contributed by atoms with Crippen LogP contribution in [-0.4, -0.2) is 14.9 Å². The molecule has 0 saturated carbocycles. The molecular formula is C11H15NOS. The van der Waals surface area contributed by atoms with Gasteiger partial charge >= 0.3 is 0 Å². The molecule has 0 radical (unpaired) electrons. The Kier molecular flexibility index (Phi) is 2.68. The molecule has 0 bridgehead atoms. The lowest BCUT2D eigenvalue weighted by Crippen LogP contribution is -2.11. The van der Waals surface area contributed by atoms with Crippen molar-refractivity contribution in [3.63, 3.8) is 0 Å². The van der Waals surface area contributed by atoms with Gasteiger partial charge in [0.15, 0.2) is 0 Å². The van der Waals surface area contributed by atoms with Crippen molar-refractivity contribution in [2.45, 2.75) is 37.5 Å². The molecule has 0 spiro atoms. The van der Waals surface area contributed by atoms with Gasteiger partial charge in [-0.1, -0.05) is 13.8 Å². The van der Waals surface area contributed by atoms with Crippen LogP contribution < -0.4 is 0 Å². The molecule has 0 aromatic carbocycles. The molecule has 3 heteroatoms. The van der Waals surface area contributed by atoms with Gasteiger partial charge in [0.1, 0.15) is 0 Å². The molecule has 2 nitrogen and oxygen atoms in total. The average Bonchev–Trinajstić information content (AvgIpc) is 2.18. The summed E-state index contributed by atoms with van der Waals surface area (Å²) >= 11 is 0. The van der Waals surface area contributed by atoms with E-state index >= 15 is 0 Å². The summed E-state index contributed by atoms with van der Waals surface area (Å²) in [5.41, 5.74) is 2.23. The van der Waals surface area contributed by atoms with Crippen molar-refractivity contribution < 1.29 is 4.21 Å². The lowest BCUT2D eigenvalue weighted by molar-refractivity contribution is 0.672. The number of fused-ring (bicyclic) bond motifs is 1. The van der Waals surface area contributed by atoms with Crippen molar-refractivity contribution in [3.8, 4) is 0 Å². The van der Waals surface area contributed by atoms with E-state index < -0.39 is 10.8 Å². The number of aryl methyl sites for hydroxylation is 1. The van der Waals surface area contributed by atoms with E-state index in [1.54, 1.807) is 0 Å². The Balaban J connectivity index is 2.46. The van der Waals surface area contributed by atoms with E-state index in [9.17, 15) is 4.21 Å². The fraction of sp³-hybridized carbons (Fsp3) is 0.545. The van der Waals surface area contributed by atoms with E-state index in [4.69, 9.17) is 0 Å². The monoisotopic (exact) mass is 209 g/mol. The van der Waals surface area contributed by atoms with E-state index in [0.717, 1.165) is 29.2 Å². The predicted molar refractivity (Wildman–Crippen MR) is 57.9 cm³/mol. The van der Waals surface area contributed by atoms with E-state index in [0.29, 0.717) is 5.92 Å². The zero-order valence-electron chi connectivity index (χ0n) is 8.62. The molecule has 0 fully saturated rings. The summed E-state index contributed by atoms with van der Waals surface area (Å²) in [5, 5.41) is 0. The Bertz CT molecular complexity index is 374. The number of nitrogens with zero attached hydrogens (tertiary/aromatic N) is 1.